The minimum Gasteiger partial charge on any atom is -0.352 e. The Morgan fingerprint density at radius 3 is 2.50 bits per heavy atom. The normalized spacial score (nSPS) is 27.5. The van der Waals surface area contributed by atoms with Crippen molar-refractivity contribution in [1.82, 2.24) is 5.32 Å². The van der Waals surface area contributed by atoms with Gasteiger partial charge < -0.3 is 10.6 Å². The fourth-order valence-corrected chi connectivity index (χ4v) is 4.82. The van der Waals surface area contributed by atoms with Crippen LogP contribution in [0, 0.1) is 11.8 Å². The van der Waals surface area contributed by atoms with Crippen molar-refractivity contribution in [1.29, 1.82) is 0 Å². The molecule has 0 spiro atoms. The van der Waals surface area contributed by atoms with E-state index in [4.69, 9.17) is 23.2 Å². The van der Waals surface area contributed by atoms with Crippen LogP contribution in [-0.2, 0) is 19.4 Å². The number of nitrogens with one attached hydrogen (secondary N) is 2. The topological polar surface area (TPSA) is 92.3 Å². The van der Waals surface area contributed by atoms with Gasteiger partial charge >= 0.3 is 0 Å². The molecule has 1 saturated carbocycles. The maximum Gasteiger partial charge on any atom is 0.228 e. The average Bonchev–Trinajstić information content (AvgIpc) is 3.23. The van der Waals surface area contributed by atoms with Crippen molar-refractivity contribution in [3.63, 3.8) is 0 Å². The van der Waals surface area contributed by atoms with Gasteiger partial charge in [-0.05, 0) is 31.0 Å². The van der Waals surface area contributed by atoms with Crippen LogP contribution in [0.25, 0.3) is 0 Å². The quantitative estimate of drug-likeness (QED) is 0.820. The fraction of sp³-hybridized carbons (Fsp3) is 0.467. The van der Waals surface area contributed by atoms with Crippen LogP contribution in [0.4, 0.5) is 5.69 Å². The monoisotopic (exact) mass is 390 g/mol. The van der Waals surface area contributed by atoms with Gasteiger partial charge in [0.1, 0.15) is 0 Å². The summed E-state index contributed by atoms with van der Waals surface area (Å²) in [6, 6.07) is 4.39. The number of carbonyl (C=O) groups excluding carboxylic acids is 2. The lowest BCUT2D eigenvalue weighted by molar-refractivity contribution is -0.125. The van der Waals surface area contributed by atoms with Crippen molar-refractivity contribution < 1.29 is 18.0 Å². The van der Waals surface area contributed by atoms with Crippen molar-refractivity contribution >= 4 is 50.5 Å². The second-order valence-corrected chi connectivity index (χ2v) is 9.24. The lowest BCUT2D eigenvalue weighted by Crippen LogP contribution is -2.37. The van der Waals surface area contributed by atoms with E-state index >= 15 is 0 Å². The predicted octanol–water partition coefficient (Wildman–Crippen LogP) is 1.87. The summed E-state index contributed by atoms with van der Waals surface area (Å²) < 4.78 is 22.8. The highest BCUT2D eigenvalue weighted by Gasteiger charge is 2.48. The molecule has 0 bridgehead atoms. The number of rotatable bonds is 4. The number of halogens is 2. The molecule has 0 aromatic heterocycles. The number of hydrogen-bond acceptors (Lipinski definition) is 4. The fourth-order valence-electron chi connectivity index (χ4n) is 2.81. The zero-order valence-electron chi connectivity index (χ0n) is 12.6. The van der Waals surface area contributed by atoms with E-state index < -0.39 is 21.7 Å². The van der Waals surface area contributed by atoms with Crippen LogP contribution in [0.5, 0.6) is 0 Å². The third-order valence-electron chi connectivity index (χ3n) is 4.23. The van der Waals surface area contributed by atoms with Crippen LogP contribution in [0.15, 0.2) is 18.2 Å². The number of sulfone groups is 1. The molecule has 2 aliphatic rings. The van der Waals surface area contributed by atoms with Crippen LogP contribution in [0.1, 0.15) is 12.8 Å². The van der Waals surface area contributed by atoms with E-state index in [1.807, 2.05) is 0 Å². The molecule has 0 radical (unpaired) electrons. The maximum atomic E-state index is 12.2. The molecule has 1 aliphatic heterocycles. The SMILES string of the molecule is O=C(Nc1cc(Cl)ccc1Cl)C1CC1C(=O)NC1CCS(=O)(=O)C1. The Balaban J connectivity index is 1.54. The van der Waals surface area contributed by atoms with Crippen molar-refractivity contribution in [2.24, 2.45) is 11.8 Å². The number of amides is 2. The van der Waals surface area contributed by atoms with E-state index in [-0.39, 0.29) is 29.4 Å². The molecule has 1 saturated heterocycles. The molecule has 1 aromatic carbocycles. The molecule has 3 unspecified atom stereocenters. The minimum atomic E-state index is -3.05. The molecule has 9 heteroatoms. The predicted molar refractivity (Wildman–Crippen MR) is 91.9 cm³/mol. The highest BCUT2D eigenvalue weighted by molar-refractivity contribution is 7.91. The molecule has 24 heavy (non-hydrogen) atoms. The highest BCUT2D eigenvalue weighted by atomic mass is 35.5. The van der Waals surface area contributed by atoms with Gasteiger partial charge in [0.25, 0.3) is 0 Å². The first-order valence-electron chi connectivity index (χ1n) is 7.52. The second kappa shape index (κ2) is 6.54. The molecule has 2 amide bonds. The first-order valence-corrected chi connectivity index (χ1v) is 10.1. The Kier molecular flexibility index (Phi) is 4.77. The molecule has 6 nitrogen and oxygen atoms in total. The van der Waals surface area contributed by atoms with Gasteiger partial charge in [-0.3, -0.25) is 9.59 Å². The average molecular weight is 391 g/mol. The van der Waals surface area contributed by atoms with Crippen molar-refractivity contribution in [2.75, 3.05) is 16.8 Å². The standard InChI is InChI=1S/C15H16Cl2N2O4S/c16-8-1-2-12(17)13(5-8)19-15(21)11-6-10(11)14(20)18-9-3-4-24(22,23)7-9/h1-2,5,9-11H,3-4,6-7H2,(H,18,20)(H,19,21). The van der Waals surface area contributed by atoms with Gasteiger partial charge in [0.15, 0.2) is 9.84 Å². The molecule has 1 heterocycles. The number of carbonyl (C=O) groups is 2. The highest BCUT2D eigenvalue weighted by Crippen LogP contribution is 2.40. The zero-order chi connectivity index (χ0) is 17.5. The largest absolute Gasteiger partial charge is 0.352 e. The number of hydrogen-bond donors (Lipinski definition) is 2. The third-order valence-corrected chi connectivity index (χ3v) is 6.56. The molecule has 130 valence electrons. The van der Waals surface area contributed by atoms with Gasteiger partial charge in [0.05, 0.1) is 34.1 Å². The molecule has 3 atom stereocenters. The molecule has 1 aromatic rings. The van der Waals surface area contributed by atoms with Gasteiger partial charge in [0, 0.05) is 11.1 Å². The summed E-state index contributed by atoms with van der Waals surface area (Å²) in [6.07, 6.45) is 0.866. The molecule has 2 fully saturated rings. The summed E-state index contributed by atoms with van der Waals surface area (Å²) in [5.41, 5.74) is 0.405. The smallest absolute Gasteiger partial charge is 0.228 e. The Morgan fingerprint density at radius 2 is 1.83 bits per heavy atom. The summed E-state index contributed by atoms with van der Waals surface area (Å²) in [6.45, 7) is 0. The Hall–Kier alpha value is -1.31. The Labute approximate surface area is 149 Å². The number of anilines is 1. The molecular weight excluding hydrogens is 375 g/mol. The van der Waals surface area contributed by atoms with Gasteiger partial charge in [-0.25, -0.2) is 8.42 Å². The van der Waals surface area contributed by atoms with E-state index in [9.17, 15) is 18.0 Å². The van der Waals surface area contributed by atoms with Crippen molar-refractivity contribution in [3.05, 3.63) is 28.2 Å². The molecule has 3 rings (SSSR count). The van der Waals surface area contributed by atoms with E-state index in [1.54, 1.807) is 18.2 Å². The molecule has 2 N–H and O–H groups in total. The lowest BCUT2D eigenvalue weighted by Gasteiger charge is -2.11. The van der Waals surface area contributed by atoms with Gasteiger partial charge in [-0.1, -0.05) is 23.2 Å². The van der Waals surface area contributed by atoms with E-state index in [0.717, 1.165) is 0 Å². The Morgan fingerprint density at radius 1 is 1.12 bits per heavy atom. The Bertz CT molecular complexity index is 797. The van der Waals surface area contributed by atoms with E-state index in [2.05, 4.69) is 10.6 Å². The van der Waals surface area contributed by atoms with Crippen LogP contribution in [-0.4, -0.2) is 37.8 Å². The van der Waals surface area contributed by atoms with Crippen LogP contribution in [0.2, 0.25) is 10.0 Å². The second-order valence-electron chi connectivity index (χ2n) is 6.17. The van der Waals surface area contributed by atoms with Crippen LogP contribution >= 0.6 is 23.2 Å². The third kappa shape index (κ3) is 4.02. The lowest BCUT2D eigenvalue weighted by atomic mass is 10.2. The summed E-state index contributed by atoms with van der Waals surface area (Å²) in [5.74, 6) is -1.35. The van der Waals surface area contributed by atoms with Crippen LogP contribution in [0.3, 0.4) is 0 Å². The minimum absolute atomic E-state index is 0.0273. The first-order chi connectivity index (χ1) is 11.2. The van der Waals surface area contributed by atoms with E-state index in [0.29, 0.717) is 28.6 Å². The summed E-state index contributed by atoms with van der Waals surface area (Å²) in [5, 5.41) is 6.21. The molecular formula is C15H16Cl2N2O4S. The summed E-state index contributed by atoms with van der Waals surface area (Å²) in [4.78, 5) is 24.3. The zero-order valence-corrected chi connectivity index (χ0v) is 14.9. The van der Waals surface area contributed by atoms with E-state index in [1.165, 1.54) is 0 Å². The van der Waals surface area contributed by atoms with Crippen LogP contribution < -0.4 is 10.6 Å². The number of benzene rings is 1. The maximum absolute atomic E-state index is 12.2. The van der Waals surface area contributed by atoms with Crippen molar-refractivity contribution in [2.45, 2.75) is 18.9 Å². The molecule has 1 aliphatic carbocycles. The summed E-state index contributed by atoms with van der Waals surface area (Å²) in [7, 11) is -3.05. The first kappa shape index (κ1) is 17.5. The van der Waals surface area contributed by atoms with Gasteiger partial charge in [0.2, 0.25) is 11.8 Å². The van der Waals surface area contributed by atoms with Crippen molar-refractivity contribution in [3.8, 4) is 0 Å². The summed E-state index contributed by atoms with van der Waals surface area (Å²) >= 11 is 11.9. The van der Waals surface area contributed by atoms with Gasteiger partial charge in [-0.15, -0.1) is 0 Å². The van der Waals surface area contributed by atoms with Gasteiger partial charge in [-0.2, -0.15) is 0 Å².